The Labute approximate surface area is 108 Å². The Morgan fingerprint density at radius 2 is 2.17 bits per heavy atom. The van der Waals surface area contributed by atoms with Crippen LogP contribution in [-0.2, 0) is 9.59 Å². The van der Waals surface area contributed by atoms with Crippen molar-refractivity contribution in [3.63, 3.8) is 0 Å². The average molecular weight is 253 g/mol. The number of rotatable bonds is 4. The molecule has 0 bridgehead atoms. The van der Waals surface area contributed by atoms with Gasteiger partial charge in [0, 0.05) is 26.1 Å². The molecule has 0 aromatic carbocycles. The summed E-state index contributed by atoms with van der Waals surface area (Å²) in [5.41, 5.74) is 0. The number of likely N-dealkylation sites (tertiary alicyclic amines) is 1. The van der Waals surface area contributed by atoms with E-state index in [1.165, 1.54) is 6.42 Å². The largest absolute Gasteiger partial charge is 0.355 e. The maximum Gasteiger partial charge on any atom is 0.227 e. The van der Waals surface area contributed by atoms with Gasteiger partial charge in [-0.15, -0.1) is 0 Å². The monoisotopic (exact) mass is 253 g/mol. The van der Waals surface area contributed by atoms with E-state index in [1.54, 1.807) is 0 Å². The van der Waals surface area contributed by atoms with Gasteiger partial charge in [0.15, 0.2) is 0 Å². The Hall–Kier alpha value is -1.10. The predicted molar refractivity (Wildman–Crippen MR) is 69.0 cm³/mol. The van der Waals surface area contributed by atoms with Crippen LogP contribution in [-0.4, -0.2) is 49.9 Å². The van der Waals surface area contributed by atoms with Gasteiger partial charge in [0.25, 0.3) is 0 Å². The van der Waals surface area contributed by atoms with Crippen LogP contribution in [0.1, 0.15) is 25.7 Å². The van der Waals surface area contributed by atoms with Gasteiger partial charge < -0.3 is 15.5 Å². The standard InChI is InChI=1S/C13H23N3O2/c1-14-5-2-10-3-6-16(7-4-10)13(18)11-8-12(17)15-9-11/h10-11,14H,2-9H2,1H3,(H,15,17). The first kappa shape index (κ1) is 13.3. The average Bonchev–Trinajstić information content (AvgIpc) is 2.83. The maximum atomic E-state index is 12.2. The number of hydrogen-bond donors (Lipinski definition) is 2. The fourth-order valence-electron chi connectivity index (χ4n) is 2.83. The molecule has 2 aliphatic heterocycles. The van der Waals surface area contributed by atoms with Crippen molar-refractivity contribution in [2.75, 3.05) is 33.2 Å². The van der Waals surface area contributed by atoms with Gasteiger partial charge in [-0.2, -0.15) is 0 Å². The van der Waals surface area contributed by atoms with Crippen LogP contribution in [0, 0.1) is 11.8 Å². The second-order valence-electron chi connectivity index (χ2n) is 5.37. The van der Waals surface area contributed by atoms with E-state index in [-0.39, 0.29) is 17.7 Å². The van der Waals surface area contributed by atoms with E-state index in [2.05, 4.69) is 10.6 Å². The van der Waals surface area contributed by atoms with Crippen LogP contribution in [0.5, 0.6) is 0 Å². The molecule has 2 amide bonds. The molecule has 5 nitrogen and oxygen atoms in total. The number of carbonyl (C=O) groups excluding carboxylic acids is 2. The molecule has 2 fully saturated rings. The quantitative estimate of drug-likeness (QED) is 0.739. The van der Waals surface area contributed by atoms with Gasteiger partial charge in [0.1, 0.15) is 0 Å². The summed E-state index contributed by atoms with van der Waals surface area (Å²) in [5.74, 6) is 0.800. The number of hydrogen-bond acceptors (Lipinski definition) is 3. The van der Waals surface area contributed by atoms with Gasteiger partial charge in [0.05, 0.1) is 5.92 Å². The lowest BCUT2D eigenvalue weighted by Crippen LogP contribution is -2.42. The Kier molecular flexibility index (Phi) is 4.58. The number of nitrogens with one attached hydrogen (secondary N) is 2. The highest BCUT2D eigenvalue weighted by Crippen LogP contribution is 2.22. The van der Waals surface area contributed by atoms with E-state index in [0.717, 1.165) is 38.4 Å². The van der Waals surface area contributed by atoms with Gasteiger partial charge in [0.2, 0.25) is 11.8 Å². The number of piperidine rings is 1. The van der Waals surface area contributed by atoms with E-state index in [0.29, 0.717) is 13.0 Å². The SMILES string of the molecule is CNCCC1CCN(C(=O)C2CNC(=O)C2)CC1. The fourth-order valence-corrected chi connectivity index (χ4v) is 2.83. The molecule has 2 rings (SSSR count). The summed E-state index contributed by atoms with van der Waals surface area (Å²) >= 11 is 0. The number of carbonyl (C=O) groups is 2. The van der Waals surface area contributed by atoms with Crippen molar-refractivity contribution in [2.24, 2.45) is 11.8 Å². The van der Waals surface area contributed by atoms with E-state index >= 15 is 0 Å². The minimum absolute atomic E-state index is 0.0113. The zero-order valence-corrected chi connectivity index (χ0v) is 11.1. The minimum atomic E-state index is -0.119. The van der Waals surface area contributed by atoms with E-state index in [9.17, 15) is 9.59 Å². The molecule has 102 valence electrons. The van der Waals surface area contributed by atoms with E-state index < -0.39 is 0 Å². The van der Waals surface area contributed by atoms with Crippen molar-refractivity contribution >= 4 is 11.8 Å². The van der Waals surface area contributed by atoms with Gasteiger partial charge >= 0.3 is 0 Å². The normalized spacial score (nSPS) is 25.3. The molecule has 2 N–H and O–H groups in total. The molecule has 2 saturated heterocycles. The zero-order chi connectivity index (χ0) is 13.0. The molecule has 0 saturated carbocycles. The lowest BCUT2D eigenvalue weighted by atomic mass is 9.92. The molecule has 1 unspecified atom stereocenters. The molecule has 2 aliphatic rings. The van der Waals surface area contributed by atoms with Crippen LogP contribution < -0.4 is 10.6 Å². The molecule has 18 heavy (non-hydrogen) atoms. The third-order valence-electron chi connectivity index (χ3n) is 4.06. The molecule has 5 heteroatoms. The van der Waals surface area contributed by atoms with Gasteiger partial charge in [-0.1, -0.05) is 0 Å². The van der Waals surface area contributed by atoms with Gasteiger partial charge in [-0.3, -0.25) is 9.59 Å². The Balaban J connectivity index is 1.75. The summed E-state index contributed by atoms with van der Waals surface area (Å²) in [6.45, 7) is 3.30. The predicted octanol–water partition coefficient (Wildman–Crippen LogP) is -0.0294. The summed E-state index contributed by atoms with van der Waals surface area (Å²) in [5, 5.41) is 5.90. The Morgan fingerprint density at radius 1 is 1.44 bits per heavy atom. The molecule has 0 spiro atoms. The van der Waals surface area contributed by atoms with Crippen molar-refractivity contribution in [1.82, 2.24) is 15.5 Å². The van der Waals surface area contributed by atoms with Crippen molar-refractivity contribution in [1.29, 1.82) is 0 Å². The summed E-state index contributed by atoms with van der Waals surface area (Å²) in [6.07, 6.45) is 3.77. The van der Waals surface area contributed by atoms with Crippen LogP contribution in [0.3, 0.4) is 0 Å². The molecule has 1 atom stereocenters. The molecule has 0 aromatic heterocycles. The third kappa shape index (κ3) is 3.22. The van der Waals surface area contributed by atoms with Crippen molar-refractivity contribution in [3.8, 4) is 0 Å². The number of amides is 2. The topological polar surface area (TPSA) is 61.4 Å². The Morgan fingerprint density at radius 3 is 2.72 bits per heavy atom. The summed E-state index contributed by atoms with van der Waals surface area (Å²) < 4.78 is 0. The Bertz CT molecular complexity index is 311. The summed E-state index contributed by atoms with van der Waals surface area (Å²) in [4.78, 5) is 25.3. The van der Waals surface area contributed by atoms with Crippen LogP contribution in [0.15, 0.2) is 0 Å². The van der Waals surface area contributed by atoms with Gasteiger partial charge in [-0.05, 0) is 38.8 Å². The van der Waals surface area contributed by atoms with Gasteiger partial charge in [-0.25, -0.2) is 0 Å². The summed E-state index contributed by atoms with van der Waals surface area (Å²) in [6, 6.07) is 0. The third-order valence-corrected chi connectivity index (χ3v) is 4.06. The summed E-state index contributed by atoms with van der Waals surface area (Å²) in [7, 11) is 1.97. The first-order chi connectivity index (χ1) is 8.70. The molecule has 0 aliphatic carbocycles. The van der Waals surface area contributed by atoms with Crippen LogP contribution in [0.4, 0.5) is 0 Å². The zero-order valence-electron chi connectivity index (χ0n) is 11.1. The lowest BCUT2D eigenvalue weighted by molar-refractivity contribution is -0.137. The maximum absolute atomic E-state index is 12.2. The highest BCUT2D eigenvalue weighted by atomic mass is 16.2. The van der Waals surface area contributed by atoms with E-state index in [1.807, 2.05) is 11.9 Å². The highest BCUT2D eigenvalue weighted by Gasteiger charge is 2.32. The molecule has 0 radical (unpaired) electrons. The fraction of sp³-hybridized carbons (Fsp3) is 0.846. The highest BCUT2D eigenvalue weighted by molar-refractivity contribution is 5.89. The van der Waals surface area contributed by atoms with E-state index in [4.69, 9.17) is 0 Å². The van der Waals surface area contributed by atoms with Crippen molar-refractivity contribution < 1.29 is 9.59 Å². The second kappa shape index (κ2) is 6.18. The van der Waals surface area contributed by atoms with Crippen molar-refractivity contribution in [3.05, 3.63) is 0 Å². The smallest absolute Gasteiger partial charge is 0.227 e. The number of nitrogens with zero attached hydrogens (tertiary/aromatic N) is 1. The molecular formula is C13H23N3O2. The molecular weight excluding hydrogens is 230 g/mol. The molecule has 0 aromatic rings. The van der Waals surface area contributed by atoms with Crippen LogP contribution in [0.25, 0.3) is 0 Å². The minimum Gasteiger partial charge on any atom is -0.355 e. The first-order valence-corrected chi connectivity index (χ1v) is 6.90. The lowest BCUT2D eigenvalue weighted by Gasteiger charge is -2.33. The first-order valence-electron chi connectivity index (χ1n) is 6.90. The van der Waals surface area contributed by atoms with Crippen LogP contribution >= 0.6 is 0 Å². The second-order valence-corrected chi connectivity index (χ2v) is 5.37. The van der Waals surface area contributed by atoms with Crippen molar-refractivity contribution in [2.45, 2.75) is 25.7 Å². The van der Waals surface area contributed by atoms with Crippen LogP contribution in [0.2, 0.25) is 0 Å². The molecule has 2 heterocycles.